The van der Waals surface area contributed by atoms with Crippen LogP contribution in [0.15, 0.2) is 0 Å². The molecule has 0 aliphatic carbocycles. The van der Waals surface area contributed by atoms with Gasteiger partial charge in [0, 0.05) is 12.1 Å². The lowest BCUT2D eigenvalue weighted by molar-refractivity contribution is 0.107. The molecule has 4 atom stereocenters. The quantitative estimate of drug-likeness (QED) is 0.626. The van der Waals surface area contributed by atoms with E-state index in [1.807, 2.05) is 0 Å². The smallest absolute Gasteiger partial charge is 0.0555 e. The SMILES string of the molecule is CCC[C@H](O)C[C@@H]1CCC[C@@H](C[C@@H](O)CCC)N1. The molecule has 0 aromatic heterocycles. The summed E-state index contributed by atoms with van der Waals surface area (Å²) in [6.07, 6.45) is 8.88. The molecule has 1 rings (SSSR count). The summed E-state index contributed by atoms with van der Waals surface area (Å²) in [5, 5.41) is 23.3. The van der Waals surface area contributed by atoms with Crippen molar-refractivity contribution < 1.29 is 10.2 Å². The Hall–Kier alpha value is -0.120. The molecule has 0 amide bonds. The zero-order chi connectivity index (χ0) is 13.4. The van der Waals surface area contributed by atoms with Crippen molar-refractivity contribution in [2.24, 2.45) is 0 Å². The number of aliphatic hydroxyl groups excluding tert-OH is 2. The van der Waals surface area contributed by atoms with Gasteiger partial charge in [0.1, 0.15) is 0 Å². The van der Waals surface area contributed by atoms with Crippen LogP contribution in [0.3, 0.4) is 0 Å². The first-order valence-electron chi connectivity index (χ1n) is 7.77. The van der Waals surface area contributed by atoms with E-state index >= 15 is 0 Å². The maximum Gasteiger partial charge on any atom is 0.0555 e. The summed E-state index contributed by atoms with van der Waals surface area (Å²) in [6, 6.07) is 0.887. The van der Waals surface area contributed by atoms with Crippen LogP contribution < -0.4 is 5.32 Å². The first kappa shape index (κ1) is 15.9. The van der Waals surface area contributed by atoms with Crippen molar-refractivity contribution in [1.82, 2.24) is 5.32 Å². The lowest BCUT2D eigenvalue weighted by atomic mass is 9.91. The van der Waals surface area contributed by atoms with Crippen molar-refractivity contribution >= 4 is 0 Å². The molecule has 0 saturated carbocycles. The van der Waals surface area contributed by atoms with E-state index in [4.69, 9.17) is 0 Å². The van der Waals surface area contributed by atoms with Crippen molar-refractivity contribution in [2.75, 3.05) is 0 Å². The van der Waals surface area contributed by atoms with E-state index in [1.165, 1.54) is 19.3 Å². The van der Waals surface area contributed by atoms with Gasteiger partial charge in [-0.2, -0.15) is 0 Å². The minimum Gasteiger partial charge on any atom is -0.393 e. The molecule has 0 radical (unpaired) electrons. The van der Waals surface area contributed by atoms with Gasteiger partial charge in [-0.1, -0.05) is 33.1 Å². The topological polar surface area (TPSA) is 52.5 Å². The first-order chi connectivity index (χ1) is 8.65. The highest BCUT2D eigenvalue weighted by atomic mass is 16.3. The Kier molecular flexibility index (Phi) is 7.87. The fourth-order valence-corrected chi connectivity index (χ4v) is 3.04. The Morgan fingerprint density at radius 1 is 0.944 bits per heavy atom. The van der Waals surface area contributed by atoms with Crippen molar-refractivity contribution in [3.63, 3.8) is 0 Å². The molecule has 3 nitrogen and oxygen atoms in total. The van der Waals surface area contributed by atoms with Crippen LogP contribution in [-0.2, 0) is 0 Å². The van der Waals surface area contributed by atoms with E-state index in [9.17, 15) is 10.2 Å². The highest BCUT2D eigenvalue weighted by molar-refractivity contribution is 4.83. The van der Waals surface area contributed by atoms with E-state index in [1.54, 1.807) is 0 Å². The molecule has 1 aliphatic heterocycles. The molecule has 0 aromatic rings. The van der Waals surface area contributed by atoms with E-state index < -0.39 is 0 Å². The fraction of sp³-hybridized carbons (Fsp3) is 1.00. The molecule has 0 spiro atoms. The molecular weight excluding hydrogens is 226 g/mol. The van der Waals surface area contributed by atoms with Crippen molar-refractivity contribution in [3.05, 3.63) is 0 Å². The van der Waals surface area contributed by atoms with Crippen LogP contribution in [0, 0.1) is 0 Å². The fourth-order valence-electron chi connectivity index (χ4n) is 3.04. The van der Waals surface area contributed by atoms with Gasteiger partial charge in [-0.3, -0.25) is 0 Å². The lowest BCUT2D eigenvalue weighted by Crippen LogP contribution is -2.45. The van der Waals surface area contributed by atoms with Gasteiger partial charge in [0.2, 0.25) is 0 Å². The van der Waals surface area contributed by atoms with E-state index in [0.29, 0.717) is 12.1 Å². The van der Waals surface area contributed by atoms with Crippen LogP contribution >= 0.6 is 0 Å². The number of rotatable bonds is 8. The predicted molar refractivity (Wildman–Crippen MR) is 75.6 cm³/mol. The Labute approximate surface area is 112 Å². The summed E-state index contributed by atoms with van der Waals surface area (Å²) in [7, 11) is 0. The van der Waals surface area contributed by atoms with Crippen LogP contribution in [0.1, 0.15) is 71.6 Å². The second-order valence-corrected chi connectivity index (χ2v) is 5.85. The summed E-state index contributed by atoms with van der Waals surface area (Å²) < 4.78 is 0. The molecule has 3 heteroatoms. The van der Waals surface area contributed by atoms with Gasteiger partial charge >= 0.3 is 0 Å². The highest BCUT2D eigenvalue weighted by Crippen LogP contribution is 2.21. The molecular formula is C15H31NO2. The van der Waals surface area contributed by atoms with Gasteiger partial charge in [-0.05, 0) is 38.5 Å². The third kappa shape index (κ3) is 6.17. The Balaban J connectivity index is 2.27. The Bertz CT molecular complexity index is 191. The summed E-state index contributed by atoms with van der Waals surface area (Å²) >= 11 is 0. The minimum atomic E-state index is -0.160. The van der Waals surface area contributed by atoms with Crippen LogP contribution in [0.2, 0.25) is 0 Å². The summed E-state index contributed by atoms with van der Waals surface area (Å²) in [4.78, 5) is 0. The second-order valence-electron chi connectivity index (χ2n) is 5.85. The Morgan fingerprint density at radius 2 is 1.39 bits per heavy atom. The standard InChI is InChI=1S/C15H31NO2/c1-3-6-14(17)10-12-8-5-9-13(16-12)11-15(18)7-4-2/h12-18H,3-11H2,1-2H3/t12-,13-,14-,15-/m0/s1. The van der Waals surface area contributed by atoms with Crippen molar-refractivity contribution in [1.29, 1.82) is 0 Å². The summed E-state index contributed by atoms with van der Waals surface area (Å²) in [5.74, 6) is 0. The maximum absolute atomic E-state index is 9.86. The summed E-state index contributed by atoms with van der Waals surface area (Å²) in [5.41, 5.74) is 0. The van der Waals surface area contributed by atoms with Crippen molar-refractivity contribution in [3.8, 4) is 0 Å². The van der Waals surface area contributed by atoms with Crippen LogP contribution in [0.5, 0.6) is 0 Å². The van der Waals surface area contributed by atoms with Crippen molar-refractivity contribution in [2.45, 2.75) is 95.9 Å². The monoisotopic (exact) mass is 257 g/mol. The molecule has 1 heterocycles. The molecule has 0 aromatic carbocycles. The van der Waals surface area contributed by atoms with E-state index in [-0.39, 0.29) is 12.2 Å². The molecule has 3 N–H and O–H groups in total. The zero-order valence-electron chi connectivity index (χ0n) is 12.1. The molecule has 0 unspecified atom stereocenters. The third-order valence-electron chi connectivity index (χ3n) is 3.93. The number of aliphatic hydroxyl groups is 2. The number of nitrogens with one attached hydrogen (secondary N) is 1. The normalized spacial score (nSPS) is 28.0. The predicted octanol–water partition coefficient (Wildman–Crippen LogP) is 2.60. The van der Waals surface area contributed by atoms with Gasteiger partial charge in [-0.15, -0.1) is 0 Å². The van der Waals surface area contributed by atoms with E-state index in [0.717, 1.165) is 38.5 Å². The zero-order valence-corrected chi connectivity index (χ0v) is 12.1. The highest BCUT2D eigenvalue weighted by Gasteiger charge is 2.24. The molecule has 1 aliphatic rings. The van der Waals surface area contributed by atoms with Crippen LogP contribution in [0.4, 0.5) is 0 Å². The molecule has 18 heavy (non-hydrogen) atoms. The van der Waals surface area contributed by atoms with Crippen LogP contribution in [0.25, 0.3) is 0 Å². The molecule has 1 saturated heterocycles. The minimum absolute atomic E-state index is 0.160. The largest absolute Gasteiger partial charge is 0.393 e. The average molecular weight is 257 g/mol. The number of hydrogen-bond donors (Lipinski definition) is 3. The van der Waals surface area contributed by atoms with Gasteiger partial charge in [0.25, 0.3) is 0 Å². The molecule has 1 fully saturated rings. The average Bonchev–Trinajstić information content (AvgIpc) is 2.29. The van der Waals surface area contributed by atoms with Gasteiger partial charge in [0.15, 0.2) is 0 Å². The van der Waals surface area contributed by atoms with Gasteiger partial charge in [-0.25, -0.2) is 0 Å². The lowest BCUT2D eigenvalue weighted by Gasteiger charge is -2.33. The molecule has 108 valence electrons. The third-order valence-corrected chi connectivity index (χ3v) is 3.93. The Morgan fingerprint density at radius 3 is 1.78 bits per heavy atom. The van der Waals surface area contributed by atoms with Crippen LogP contribution in [-0.4, -0.2) is 34.5 Å². The second kappa shape index (κ2) is 8.89. The summed E-state index contributed by atoms with van der Waals surface area (Å²) in [6.45, 7) is 4.23. The van der Waals surface area contributed by atoms with Gasteiger partial charge in [0.05, 0.1) is 12.2 Å². The van der Waals surface area contributed by atoms with Gasteiger partial charge < -0.3 is 15.5 Å². The first-order valence-corrected chi connectivity index (χ1v) is 7.77. The number of piperidine rings is 1. The maximum atomic E-state index is 9.86. The van der Waals surface area contributed by atoms with E-state index in [2.05, 4.69) is 19.2 Å². The number of hydrogen-bond acceptors (Lipinski definition) is 3. The molecule has 0 bridgehead atoms.